The highest BCUT2D eigenvalue weighted by atomic mass is 16.6. The highest BCUT2D eigenvalue weighted by Crippen LogP contribution is 2.21. The first kappa shape index (κ1) is 11.8. The number of rotatable bonds is 2. The molecule has 0 aliphatic heterocycles. The van der Waals surface area contributed by atoms with E-state index in [1.165, 1.54) is 0 Å². The summed E-state index contributed by atoms with van der Waals surface area (Å²) < 4.78 is 4.44. The number of aliphatic hydroxyl groups excluding tert-OH is 1. The van der Waals surface area contributed by atoms with Gasteiger partial charge in [0.1, 0.15) is 0 Å². The lowest BCUT2D eigenvalue weighted by molar-refractivity contribution is 0.123. The SMILES string of the molecule is Nc1nonc1C(=NC1CCC(O)CC1)NO. The third-order valence-corrected chi connectivity index (χ3v) is 2.82. The van der Waals surface area contributed by atoms with Crippen LogP contribution in [0.1, 0.15) is 31.4 Å². The van der Waals surface area contributed by atoms with Gasteiger partial charge in [0, 0.05) is 0 Å². The second-order valence-corrected chi connectivity index (χ2v) is 4.05. The second kappa shape index (κ2) is 5.11. The molecule has 94 valence electrons. The van der Waals surface area contributed by atoms with Gasteiger partial charge in [0.05, 0.1) is 12.1 Å². The van der Waals surface area contributed by atoms with E-state index in [1.807, 2.05) is 5.48 Å². The molecule has 1 fully saturated rings. The minimum absolute atomic E-state index is 0.0316. The van der Waals surface area contributed by atoms with Crippen molar-refractivity contribution in [1.29, 1.82) is 0 Å². The van der Waals surface area contributed by atoms with Crippen LogP contribution in [0.3, 0.4) is 0 Å². The van der Waals surface area contributed by atoms with Crippen molar-refractivity contribution in [1.82, 2.24) is 15.8 Å². The summed E-state index contributed by atoms with van der Waals surface area (Å²) in [7, 11) is 0. The van der Waals surface area contributed by atoms with Crippen LogP contribution < -0.4 is 11.2 Å². The Kier molecular flexibility index (Phi) is 3.55. The van der Waals surface area contributed by atoms with Gasteiger partial charge in [-0.2, -0.15) is 0 Å². The van der Waals surface area contributed by atoms with Crippen molar-refractivity contribution in [2.24, 2.45) is 4.99 Å². The summed E-state index contributed by atoms with van der Waals surface area (Å²) in [5.41, 5.74) is 7.65. The van der Waals surface area contributed by atoms with E-state index in [1.54, 1.807) is 0 Å². The molecular weight excluding hydrogens is 226 g/mol. The Morgan fingerprint density at radius 3 is 2.59 bits per heavy atom. The van der Waals surface area contributed by atoms with Gasteiger partial charge in [0.25, 0.3) is 0 Å². The summed E-state index contributed by atoms with van der Waals surface area (Å²) in [6.07, 6.45) is 2.69. The van der Waals surface area contributed by atoms with Crippen molar-refractivity contribution in [3.8, 4) is 0 Å². The predicted octanol–water partition coefficient (Wildman–Crippen LogP) is -0.319. The topological polar surface area (TPSA) is 130 Å². The molecule has 1 heterocycles. The molecular formula is C9H15N5O3. The lowest BCUT2D eigenvalue weighted by Crippen LogP contribution is -2.27. The van der Waals surface area contributed by atoms with E-state index in [0.717, 1.165) is 12.8 Å². The summed E-state index contributed by atoms with van der Waals surface area (Å²) >= 11 is 0. The van der Waals surface area contributed by atoms with Crippen LogP contribution in [0.15, 0.2) is 9.62 Å². The van der Waals surface area contributed by atoms with Crippen molar-refractivity contribution >= 4 is 11.7 Å². The molecule has 0 unspecified atom stereocenters. The molecule has 1 aromatic rings. The second-order valence-electron chi connectivity index (χ2n) is 4.05. The zero-order chi connectivity index (χ0) is 12.3. The zero-order valence-corrected chi connectivity index (χ0v) is 9.20. The summed E-state index contributed by atoms with van der Waals surface area (Å²) in [5.74, 6) is 0.214. The Morgan fingerprint density at radius 1 is 1.35 bits per heavy atom. The van der Waals surface area contributed by atoms with Crippen molar-refractivity contribution in [3.63, 3.8) is 0 Å². The fourth-order valence-corrected chi connectivity index (χ4v) is 1.87. The number of nitrogens with zero attached hydrogens (tertiary/aromatic N) is 3. The number of aromatic nitrogens is 2. The van der Waals surface area contributed by atoms with Crippen LogP contribution in [0.25, 0.3) is 0 Å². The highest BCUT2D eigenvalue weighted by Gasteiger charge is 2.21. The molecule has 1 aromatic heterocycles. The Balaban J connectivity index is 2.10. The minimum Gasteiger partial charge on any atom is -0.393 e. The Labute approximate surface area is 97.4 Å². The van der Waals surface area contributed by atoms with E-state index in [-0.39, 0.29) is 29.5 Å². The quantitative estimate of drug-likeness (QED) is 0.317. The largest absolute Gasteiger partial charge is 0.393 e. The fraction of sp³-hybridized carbons (Fsp3) is 0.667. The standard InChI is InChI=1S/C9H15N5O3/c10-8-7(13-17-14-8)9(12-16)11-5-1-3-6(15)4-2-5/h5-6,15-16H,1-4H2,(H2,10,14)(H,11,12). The van der Waals surface area contributed by atoms with Crippen LogP contribution in [0.2, 0.25) is 0 Å². The van der Waals surface area contributed by atoms with Crippen molar-refractivity contribution in [2.45, 2.75) is 37.8 Å². The van der Waals surface area contributed by atoms with E-state index in [2.05, 4.69) is 19.9 Å². The lowest BCUT2D eigenvalue weighted by atomic mass is 9.93. The average Bonchev–Trinajstić information content (AvgIpc) is 2.75. The maximum atomic E-state index is 9.38. The monoisotopic (exact) mass is 241 g/mol. The summed E-state index contributed by atoms with van der Waals surface area (Å²) in [4.78, 5) is 4.29. The molecule has 0 saturated heterocycles. The maximum Gasteiger partial charge on any atom is 0.199 e. The number of hydrogen-bond acceptors (Lipinski definition) is 7. The van der Waals surface area contributed by atoms with Crippen molar-refractivity contribution in [2.75, 3.05) is 5.73 Å². The first-order valence-electron chi connectivity index (χ1n) is 5.45. The van der Waals surface area contributed by atoms with Gasteiger partial charge >= 0.3 is 0 Å². The van der Waals surface area contributed by atoms with Gasteiger partial charge in [-0.05, 0) is 36.0 Å². The maximum absolute atomic E-state index is 9.38. The molecule has 0 spiro atoms. The first-order valence-corrected chi connectivity index (χ1v) is 5.45. The number of nitrogens with two attached hydrogens (primary N) is 1. The van der Waals surface area contributed by atoms with E-state index in [9.17, 15) is 5.11 Å². The summed E-state index contributed by atoms with van der Waals surface area (Å²) in [6.45, 7) is 0. The number of aliphatic hydroxyl groups is 1. The smallest absolute Gasteiger partial charge is 0.199 e. The van der Waals surface area contributed by atoms with Gasteiger partial charge in [0.15, 0.2) is 17.3 Å². The minimum atomic E-state index is -0.245. The Bertz CT molecular complexity index is 397. The fourth-order valence-electron chi connectivity index (χ4n) is 1.87. The summed E-state index contributed by atoms with van der Waals surface area (Å²) in [5, 5.41) is 25.3. The molecule has 8 heteroatoms. The lowest BCUT2D eigenvalue weighted by Gasteiger charge is -2.22. The van der Waals surface area contributed by atoms with Gasteiger partial charge in [-0.3, -0.25) is 15.7 Å². The van der Waals surface area contributed by atoms with Crippen LogP contribution in [-0.2, 0) is 0 Å². The molecule has 0 amide bonds. The number of nitrogen functional groups attached to an aromatic ring is 1. The molecule has 1 aliphatic rings. The first-order chi connectivity index (χ1) is 8.20. The Morgan fingerprint density at radius 2 is 2.06 bits per heavy atom. The van der Waals surface area contributed by atoms with Gasteiger partial charge in [-0.1, -0.05) is 0 Å². The number of anilines is 1. The molecule has 5 N–H and O–H groups in total. The molecule has 1 saturated carbocycles. The number of amidine groups is 1. The molecule has 17 heavy (non-hydrogen) atoms. The van der Waals surface area contributed by atoms with Gasteiger partial charge in [-0.25, -0.2) is 4.63 Å². The van der Waals surface area contributed by atoms with Gasteiger partial charge in [0.2, 0.25) is 0 Å². The van der Waals surface area contributed by atoms with Crippen LogP contribution in [0.4, 0.5) is 5.82 Å². The van der Waals surface area contributed by atoms with E-state index >= 15 is 0 Å². The van der Waals surface area contributed by atoms with Crippen molar-refractivity contribution < 1.29 is 14.9 Å². The molecule has 0 radical (unpaired) electrons. The number of hydrogen-bond donors (Lipinski definition) is 4. The number of nitrogens with one attached hydrogen (secondary N) is 1. The van der Waals surface area contributed by atoms with Crippen LogP contribution >= 0.6 is 0 Å². The van der Waals surface area contributed by atoms with E-state index < -0.39 is 0 Å². The zero-order valence-electron chi connectivity index (χ0n) is 9.20. The number of hydroxylamine groups is 1. The third kappa shape index (κ3) is 2.71. The van der Waals surface area contributed by atoms with Crippen LogP contribution in [0, 0.1) is 0 Å². The molecule has 1 aliphatic carbocycles. The molecule has 0 atom stereocenters. The highest BCUT2D eigenvalue weighted by molar-refractivity contribution is 5.99. The van der Waals surface area contributed by atoms with Crippen LogP contribution in [0.5, 0.6) is 0 Å². The third-order valence-electron chi connectivity index (χ3n) is 2.82. The predicted molar refractivity (Wildman–Crippen MR) is 58.4 cm³/mol. The van der Waals surface area contributed by atoms with Gasteiger partial charge in [-0.15, -0.1) is 0 Å². The molecule has 0 aromatic carbocycles. The van der Waals surface area contributed by atoms with Gasteiger partial charge < -0.3 is 10.8 Å². The molecule has 2 rings (SSSR count). The van der Waals surface area contributed by atoms with E-state index in [4.69, 9.17) is 10.9 Å². The molecule has 8 nitrogen and oxygen atoms in total. The number of aliphatic imine (C=N–C) groups is 1. The van der Waals surface area contributed by atoms with E-state index in [0.29, 0.717) is 12.8 Å². The van der Waals surface area contributed by atoms with Crippen molar-refractivity contribution in [3.05, 3.63) is 5.69 Å². The normalized spacial score (nSPS) is 25.9. The Hall–Kier alpha value is -1.67. The average molecular weight is 241 g/mol. The molecule has 0 bridgehead atoms. The van der Waals surface area contributed by atoms with Crippen LogP contribution in [-0.4, -0.2) is 38.6 Å². The summed E-state index contributed by atoms with van der Waals surface area (Å²) in [6, 6.07) is 0.0316.